The molecule has 0 saturated heterocycles. The number of benzene rings is 1. The van der Waals surface area contributed by atoms with Crippen LogP contribution in [0.2, 0.25) is 24.7 Å². The van der Waals surface area contributed by atoms with Gasteiger partial charge in [0.05, 0.1) is 25.9 Å². The molecule has 0 atom stereocenters. The molecule has 0 radical (unpaired) electrons. The van der Waals surface area contributed by atoms with E-state index in [-0.39, 0.29) is 32.7 Å². The fourth-order valence-corrected chi connectivity index (χ4v) is 4.68. The molecule has 0 N–H and O–H groups in total. The van der Waals surface area contributed by atoms with Crippen LogP contribution < -0.4 is 10.1 Å². The zero-order chi connectivity index (χ0) is 23.0. The molecule has 10 heteroatoms. The minimum atomic E-state index is -2.30. The molecule has 6 nitrogen and oxygen atoms in total. The van der Waals surface area contributed by atoms with Gasteiger partial charge in [0.25, 0.3) is 0 Å². The fraction of sp³-hybridized carbons (Fsp3) is 0.300. The maximum Gasteiger partial charge on any atom is 0.358 e. The van der Waals surface area contributed by atoms with Crippen molar-refractivity contribution < 1.29 is 27.9 Å². The normalized spacial score (nSPS) is 11.2. The smallest absolute Gasteiger partial charge is 0.358 e. The lowest BCUT2D eigenvalue weighted by Gasteiger charge is -2.24. The van der Waals surface area contributed by atoms with Crippen molar-refractivity contribution in [1.82, 2.24) is 4.98 Å². The number of ether oxygens (including phenoxy) is 1. The number of amides is 2. The molecule has 1 aromatic heterocycles. The number of imide groups is 1. The van der Waals surface area contributed by atoms with Crippen LogP contribution in [0.3, 0.4) is 0 Å². The Labute approximate surface area is 178 Å². The molecule has 30 heavy (non-hydrogen) atoms. The van der Waals surface area contributed by atoms with Gasteiger partial charge >= 0.3 is 5.97 Å². The summed E-state index contributed by atoms with van der Waals surface area (Å²) in [4.78, 5) is 41.0. The van der Waals surface area contributed by atoms with Crippen molar-refractivity contribution >= 4 is 48.3 Å². The van der Waals surface area contributed by atoms with Gasteiger partial charge in [-0.25, -0.2) is 23.5 Å². The molecule has 0 aliphatic rings. The predicted molar refractivity (Wildman–Crippen MR) is 113 cm³/mol. The number of esters is 1. The Morgan fingerprint density at radius 1 is 1.07 bits per heavy atom. The van der Waals surface area contributed by atoms with E-state index >= 15 is 4.39 Å². The van der Waals surface area contributed by atoms with Gasteiger partial charge in [0.2, 0.25) is 11.8 Å². The van der Waals surface area contributed by atoms with Crippen LogP contribution in [0.4, 0.5) is 14.5 Å². The Bertz CT molecular complexity index is 1040. The number of carbonyl (C=O) groups is 3. The number of hydrogen-bond donors (Lipinski definition) is 0. The Balaban J connectivity index is 3.00. The number of carbonyl (C=O) groups excluding carboxylic acids is 3. The van der Waals surface area contributed by atoms with Crippen LogP contribution in [-0.4, -0.2) is 38.0 Å². The Hall–Kier alpha value is -2.65. The second-order valence-electron chi connectivity index (χ2n) is 7.61. The highest BCUT2D eigenvalue weighted by Crippen LogP contribution is 2.40. The third-order valence-corrected chi connectivity index (χ3v) is 6.70. The molecule has 0 aliphatic heterocycles. The molecule has 2 aromatic rings. The van der Waals surface area contributed by atoms with Crippen molar-refractivity contribution in [3.8, 4) is 11.1 Å². The van der Waals surface area contributed by atoms with Crippen LogP contribution in [0.15, 0.2) is 18.3 Å². The molecule has 0 fully saturated rings. The van der Waals surface area contributed by atoms with E-state index in [1.165, 1.54) is 0 Å². The highest BCUT2D eigenvalue weighted by atomic mass is 35.5. The van der Waals surface area contributed by atoms with Gasteiger partial charge in [0, 0.05) is 31.2 Å². The fourth-order valence-electron chi connectivity index (χ4n) is 3.00. The van der Waals surface area contributed by atoms with E-state index in [2.05, 4.69) is 9.72 Å². The molecular formula is C20H21ClF2N2O4Si. The molecule has 160 valence electrons. The molecule has 0 unspecified atom stereocenters. The number of nitrogens with zero attached hydrogens (tertiary/aromatic N) is 2. The van der Waals surface area contributed by atoms with Crippen LogP contribution in [0.5, 0.6) is 0 Å². The summed E-state index contributed by atoms with van der Waals surface area (Å²) in [5.41, 5.74) is -0.957. The highest BCUT2D eigenvalue weighted by Gasteiger charge is 2.31. The summed E-state index contributed by atoms with van der Waals surface area (Å²) in [7, 11) is -1.19. The predicted octanol–water partition coefficient (Wildman–Crippen LogP) is 3.91. The lowest BCUT2D eigenvalue weighted by molar-refractivity contribution is -0.124. The second-order valence-corrected chi connectivity index (χ2v) is 13.0. The van der Waals surface area contributed by atoms with Gasteiger partial charge < -0.3 is 4.74 Å². The molecular weight excluding hydrogens is 434 g/mol. The highest BCUT2D eigenvalue weighted by molar-refractivity contribution is 6.88. The minimum Gasteiger partial charge on any atom is -0.464 e. The van der Waals surface area contributed by atoms with Gasteiger partial charge in [-0.3, -0.25) is 9.59 Å². The van der Waals surface area contributed by atoms with Crippen LogP contribution in [0.1, 0.15) is 24.3 Å². The van der Waals surface area contributed by atoms with E-state index in [0.717, 1.165) is 39.3 Å². The zero-order valence-corrected chi connectivity index (χ0v) is 19.1. The van der Waals surface area contributed by atoms with Crippen LogP contribution in [-0.2, 0) is 14.3 Å². The maximum atomic E-state index is 15.5. The summed E-state index contributed by atoms with van der Waals surface area (Å²) in [6.45, 7) is 7.75. The van der Waals surface area contributed by atoms with E-state index in [9.17, 15) is 18.8 Å². The number of halogens is 3. The molecule has 0 bridgehead atoms. The van der Waals surface area contributed by atoms with Crippen LogP contribution in [0, 0.1) is 11.6 Å². The van der Waals surface area contributed by atoms with Crippen LogP contribution >= 0.6 is 11.6 Å². The lowest BCUT2D eigenvalue weighted by atomic mass is 10.0. The number of aromatic nitrogens is 1. The van der Waals surface area contributed by atoms with E-state index < -0.39 is 37.5 Å². The molecule has 0 saturated carbocycles. The summed E-state index contributed by atoms with van der Waals surface area (Å²) in [5, 5.41) is -0.170. The van der Waals surface area contributed by atoms with E-state index in [0.29, 0.717) is 4.90 Å². The maximum absolute atomic E-state index is 15.5. The van der Waals surface area contributed by atoms with E-state index in [4.69, 9.17) is 11.6 Å². The summed E-state index contributed by atoms with van der Waals surface area (Å²) in [6.07, 6.45) is 1.07. The number of methoxy groups -OCH3 is 1. The van der Waals surface area contributed by atoms with E-state index in [1.54, 1.807) is 0 Å². The number of rotatable bonds is 4. The van der Waals surface area contributed by atoms with E-state index in [1.807, 2.05) is 19.6 Å². The zero-order valence-electron chi connectivity index (χ0n) is 17.4. The van der Waals surface area contributed by atoms with Crippen molar-refractivity contribution in [3.05, 3.63) is 40.7 Å². The second kappa shape index (κ2) is 8.61. The summed E-state index contributed by atoms with van der Waals surface area (Å²) in [5.74, 6) is -3.76. The average Bonchev–Trinajstić information content (AvgIpc) is 2.62. The van der Waals surface area contributed by atoms with Crippen LogP contribution in [0.25, 0.3) is 11.1 Å². The Morgan fingerprint density at radius 3 is 2.10 bits per heavy atom. The summed E-state index contributed by atoms with van der Waals surface area (Å²) >= 11 is 6.33. The molecule has 2 amide bonds. The SMILES string of the molecule is COC(=O)c1ncc(-c2cc(F)cc([Si](C)(C)C)c2F)c(N(C(C)=O)C(C)=O)c1Cl. The number of hydrogen-bond acceptors (Lipinski definition) is 5. The summed E-state index contributed by atoms with van der Waals surface area (Å²) in [6, 6.07) is 2.07. The first kappa shape index (κ1) is 23.6. The van der Waals surface area contributed by atoms with Crippen molar-refractivity contribution in [2.24, 2.45) is 0 Å². The third-order valence-electron chi connectivity index (χ3n) is 4.36. The monoisotopic (exact) mass is 454 g/mol. The quantitative estimate of drug-likeness (QED) is 0.517. The molecule has 2 rings (SSSR count). The largest absolute Gasteiger partial charge is 0.464 e. The number of anilines is 1. The van der Waals surface area contributed by atoms with Crippen molar-refractivity contribution in [2.75, 3.05) is 12.0 Å². The standard InChI is InChI=1S/C20H21ClF2N2O4Si/c1-10(26)25(11(2)27)19-14(9-24-18(16(19)21)20(28)29-3)13-7-12(22)8-15(17(13)23)30(4,5)6/h7-9H,1-6H3. The van der Waals surface area contributed by atoms with Crippen molar-refractivity contribution in [3.63, 3.8) is 0 Å². The van der Waals surface area contributed by atoms with Gasteiger partial charge in [-0.05, 0) is 17.3 Å². The molecule has 1 aromatic carbocycles. The first-order valence-corrected chi connectivity index (χ1v) is 12.8. The van der Waals surface area contributed by atoms with Crippen molar-refractivity contribution in [1.29, 1.82) is 0 Å². The molecule has 0 spiro atoms. The average molecular weight is 455 g/mol. The van der Waals surface area contributed by atoms with Gasteiger partial charge in [-0.2, -0.15) is 0 Å². The minimum absolute atomic E-state index is 0.102. The molecule has 0 aliphatic carbocycles. The first-order chi connectivity index (χ1) is 13.8. The molecule has 1 heterocycles. The number of pyridine rings is 1. The van der Waals surface area contributed by atoms with Gasteiger partial charge in [0.15, 0.2) is 5.69 Å². The first-order valence-electron chi connectivity index (χ1n) is 8.89. The van der Waals surface area contributed by atoms with Gasteiger partial charge in [-0.1, -0.05) is 31.2 Å². The van der Waals surface area contributed by atoms with Gasteiger partial charge in [-0.15, -0.1) is 0 Å². The summed E-state index contributed by atoms with van der Waals surface area (Å²) < 4.78 is 34.5. The van der Waals surface area contributed by atoms with Crippen molar-refractivity contribution in [2.45, 2.75) is 33.5 Å². The van der Waals surface area contributed by atoms with Gasteiger partial charge in [0.1, 0.15) is 11.6 Å². The Morgan fingerprint density at radius 2 is 1.63 bits per heavy atom. The third kappa shape index (κ3) is 4.41. The lowest BCUT2D eigenvalue weighted by Crippen LogP contribution is -2.40. The Kier molecular flexibility index (Phi) is 6.78. The topological polar surface area (TPSA) is 76.6 Å².